The summed E-state index contributed by atoms with van der Waals surface area (Å²) in [4.78, 5) is 15.4. The standard InChI is InChI=1S/C9H10BrNO2S/c1-3-13-9(12)7-5-14-8(11-7)4-6(2)10/h5H,2-4H2,1H3. The Morgan fingerprint density at radius 2 is 2.50 bits per heavy atom. The number of thiazole rings is 1. The summed E-state index contributed by atoms with van der Waals surface area (Å²) in [7, 11) is 0. The molecule has 0 aliphatic heterocycles. The zero-order valence-corrected chi connectivity index (χ0v) is 10.2. The molecule has 14 heavy (non-hydrogen) atoms. The minimum absolute atomic E-state index is 0.366. The van der Waals surface area contributed by atoms with Crippen molar-refractivity contribution in [3.63, 3.8) is 0 Å². The minimum Gasteiger partial charge on any atom is -0.461 e. The first-order valence-electron chi connectivity index (χ1n) is 4.08. The maximum Gasteiger partial charge on any atom is 0.357 e. The lowest BCUT2D eigenvalue weighted by Gasteiger charge is -1.96. The molecule has 0 aliphatic rings. The van der Waals surface area contributed by atoms with Gasteiger partial charge in [0.05, 0.1) is 11.6 Å². The van der Waals surface area contributed by atoms with Gasteiger partial charge in [-0.3, -0.25) is 0 Å². The van der Waals surface area contributed by atoms with Crippen LogP contribution in [-0.2, 0) is 11.2 Å². The molecular formula is C9H10BrNO2S. The summed E-state index contributed by atoms with van der Waals surface area (Å²) in [6, 6.07) is 0. The molecule has 0 unspecified atom stereocenters. The van der Waals surface area contributed by atoms with Crippen molar-refractivity contribution >= 4 is 33.2 Å². The minimum atomic E-state index is -0.366. The molecule has 1 rings (SSSR count). The lowest BCUT2D eigenvalue weighted by Crippen LogP contribution is -2.04. The van der Waals surface area contributed by atoms with Crippen molar-refractivity contribution in [2.45, 2.75) is 13.3 Å². The highest BCUT2D eigenvalue weighted by Crippen LogP contribution is 2.16. The third-order valence-corrected chi connectivity index (χ3v) is 2.51. The topological polar surface area (TPSA) is 39.2 Å². The Labute approximate surface area is 94.9 Å². The molecule has 0 bridgehead atoms. The van der Waals surface area contributed by atoms with Gasteiger partial charge in [-0.25, -0.2) is 9.78 Å². The van der Waals surface area contributed by atoms with E-state index >= 15 is 0 Å². The van der Waals surface area contributed by atoms with E-state index in [9.17, 15) is 4.79 Å². The van der Waals surface area contributed by atoms with Crippen molar-refractivity contribution in [1.29, 1.82) is 0 Å². The van der Waals surface area contributed by atoms with Crippen molar-refractivity contribution in [3.8, 4) is 0 Å². The molecular weight excluding hydrogens is 266 g/mol. The fourth-order valence-electron chi connectivity index (χ4n) is 0.855. The largest absolute Gasteiger partial charge is 0.461 e. The Balaban J connectivity index is 2.67. The molecule has 0 spiro atoms. The van der Waals surface area contributed by atoms with Gasteiger partial charge in [0.15, 0.2) is 5.69 Å². The number of aromatic nitrogens is 1. The molecule has 3 nitrogen and oxygen atoms in total. The number of nitrogens with zero attached hydrogens (tertiary/aromatic N) is 1. The number of esters is 1. The molecule has 0 fully saturated rings. The molecule has 1 aromatic rings. The highest BCUT2D eigenvalue weighted by atomic mass is 79.9. The van der Waals surface area contributed by atoms with Crippen molar-refractivity contribution < 1.29 is 9.53 Å². The van der Waals surface area contributed by atoms with Gasteiger partial charge in [0.2, 0.25) is 0 Å². The lowest BCUT2D eigenvalue weighted by atomic mass is 10.4. The van der Waals surface area contributed by atoms with Gasteiger partial charge >= 0.3 is 5.97 Å². The second-order valence-electron chi connectivity index (χ2n) is 2.54. The molecule has 76 valence electrons. The molecule has 0 amide bonds. The number of rotatable bonds is 4. The molecule has 0 aliphatic carbocycles. The fraction of sp³-hybridized carbons (Fsp3) is 0.333. The van der Waals surface area contributed by atoms with E-state index < -0.39 is 0 Å². The van der Waals surface area contributed by atoms with E-state index in [4.69, 9.17) is 4.74 Å². The third kappa shape index (κ3) is 3.23. The van der Waals surface area contributed by atoms with E-state index in [0.717, 1.165) is 9.49 Å². The number of carbonyl (C=O) groups excluding carboxylic acids is 1. The van der Waals surface area contributed by atoms with Gasteiger partial charge in [0.25, 0.3) is 0 Å². The molecule has 0 radical (unpaired) electrons. The average molecular weight is 276 g/mol. The first-order valence-corrected chi connectivity index (χ1v) is 5.75. The number of halogens is 1. The van der Waals surface area contributed by atoms with Gasteiger partial charge in [-0.15, -0.1) is 11.3 Å². The van der Waals surface area contributed by atoms with E-state index in [2.05, 4.69) is 27.5 Å². The van der Waals surface area contributed by atoms with Crippen molar-refractivity contribution in [2.75, 3.05) is 6.61 Å². The van der Waals surface area contributed by atoms with Gasteiger partial charge in [0, 0.05) is 11.8 Å². The number of hydrogen-bond acceptors (Lipinski definition) is 4. The van der Waals surface area contributed by atoms with Crippen molar-refractivity contribution in [2.24, 2.45) is 0 Å². The molecule has 5 heteroatoms. The molecule has 0 saturated heterocycles. The highest BCUT2D eigenvalue weighted by Gasteiger charge is 2.11. The molecule has 1 aromatic heterocycles. The molecule has 0 aromatic carbocycles. The van der Waals surface area contributed by atoms with Crippen LogP contribution in [0.5, 0.6) is 0 Å². The Bertz CT molecular complexity index is 348. The van der Waals surface area contributed by atoms with E-state index in [1.807, 2.05) is 0 Å². The molecule has 1 heterocycles. The average Bonchev–Trinajstić information content (AvgIpc) is 2.52. The summed E-state index contributed by atoms with van der Waals surface area (Å²) < 4.78 is 5.67. The van der Waals surface area contributed by atoms with Crippen LogP contribution in [0.15, 0.2) is 16.4 Å². The summed E-state index contributed by atoms with van der Waals surface area (Å²) in [5, 5.41) is 2.55. The van der Waals surface area contributed by atoms with Gasteiger partial charge in [-0.05, 0) is 11.4 Å². The first kappa shape index (κ1) is 11.4. The van der Waals surface area contributed by atoms with Gasteiger partial charge < -0.3 is 4.74 Å². The summed E-state index contributed by atoms with van der Waals surface area (Å²) in [6.45, 7) is 5.85. The summed E-state index contributed by atoms with van der Waals surface area (Å²) in [5.74, 6) is -0.366. The zero-order valence-electron chi connectivity index (χ0n) is 7.75. The predicted octanol–water partition coefficient (Wildman–Crippen LogP) is 2.77. The monoisotopic (exact) mass is 275 g/mol. The quantitative estimate of drug-likeness (QED) is 0.794. The normalized spacial score (nSPS) is 9.86. The number of ether oxygens (including phenoxy) is 1. The Morgan fingerprint density at radius 1 is 1.79 bits per heavy atom. The highest BCUT2D eigenvalue weighted by molar-refractivity contribution is 9.11. The van der Waals surface area contributed by atoms with E-state index in [-0.39, 0.29) is 5.97 Å². The summed E-state index contributed by atoms with van der Waals surface area (Å²) in [5.41, 5.74) is 0.376. The van der Waals surface area contributed by atoms with E-state index in [1.54, 1.807) is 12.3 Å². The SMILES string of the molecule is C=C(Br)Cc1nc(C(=O)OCC)cs1. The maximum absolute atomic E-state index is 11.2. The predicted molar refractivity (Wildman–Crippen MR) is 59.8 cm³/mol. The van der Waals surface area contributed by atoms with Crippen LogP contribution in [0.2, 0.25) is 0 Å². The lowest BCUT2D eigenvalue weighted by molar-refractivity contribution is 0.0520. The molecule has 0 N–H and O–H groups in total. The van der Waals surface area contributed by atoms with Crippen molar-refractivity contribution in [1.82, 2.24) is 4.98 Å². The maximum atomic E-state index is 11.2. The van der Waals surface area contributed by atoms with Gasteiger partial charge in [-0.1, -0.05) is 22.5 Å². The fourth-order valence-corrected chi connectivity index (χ4v) is 2.11. The van der Waals surface area contributed by atoms with E-state index in [0.29, 0.717) is 18.7 Å². The van der Waals surface area contributed by atoms with Crippen LogP contribution in [0, 0.1) is 0 Å². The van der Waals surface area contributed by atoms with Crippen LogP contribution >= 0.6 is 27.3 Å². The summed E-state index contributed by atoms with van der Waals surface area (Å²) >= 11 is 4.67. The smallest absolute Gasteiger partial charge is 0.357 e. The summed E-state index contributed by atoms with van der Waals surface area (Å²) in [6.07, 6.45) is 0.643. The molecule has 0 saturated carbocycles. The van der Waals surface area contributed by atoms with Crippen molar-refractivity contribution in [3.05, 3.63) is 27.1 Å². The Kier molecular flexibility index (Phi) is 4.28. The Morgan fingerprint density at radius 3 is 3.07 bits per heavy atom. The third-order valence-electron chi connectivity index (χ3n) is 1.38. The first-order chi connectivity index (χ1) is 6.63. The second kappa shape index (κ2) is 5.26. The second-order valence-corrected chi connectivity index (χ2v) is 4.61. The Hall–Kier alpha value is -0.680. The molecule has 0 atom stereocenters. The van der Waals surface area contributed by atoms with Crippen LogP contribution in [0.1, 0.15) is 22.4 Å². The van der Waals surface area contributed by atoms with Gasteiger partial charge in [-0.2, -0.15) is 0 Å². The van der Waals surface area contributed by atoms with Crippen LogP contribution in [0.25, 0.3) is 0 Å². The van der Waals surface area contributed by atoms with Crippen LogP contribution < -0.4 is 0 Å². The number of carbonyl (C=O) groups is 1. The number of allylic oxidation sites excluding steroid dienone is 1. The number of hydrogen-bond donors (Lipinski definition) is 0. The van der Waals surface area contributed by atoms with E-state index in [1.165, 1.54) is 11.3 Å². The van der Waals surface area contributed by atoms with Crippen LogP contribution in [0.4, 0.5) is 0 Å². The van der Waals surface area contributed by atoms with Gasteiger partial charge in [0.1, 0.15) is 0 Å². The zero-order chi connectivity index (χ0) is 10.6. The van der Waals surface area contributed by atoms with Crippen LogP contribution in [-0.4, -0.2) is 17.6 Å². The van der Waals surface area contributed by atoms with Crippen LogP contribution in [0.3, 0.4) is 0 Å².